The highest BCUT2D eigenvalue weighted by molar-refractivity contribution is 9.10. The number of hydrogen-bond donors (Lipinski definition) is 1. The molecule has 0 aliphatic rings. The second-order valence-electron chi connectivity index (χ2n) is 4.85. The third-order valence-corrected chi connectivity index (χ3v) is 4.93. The molecule has 2 aromatic rings. The number of rotatable bonds is 4. The number of thiazole rings is 1. The summed E-state index contributed by atoms with van der Waals surface area (Å²) in [5, 5.41) is 4.78. The van der Waals surface area contributed by atoms with Gasteiger partial charge in [0.15, 0.2) is 0 Å². The van der Waals surface area contributed by atoms with E-state index >= 15 is 0 Å². The fraction of sp³-hybridized carbons (Fsp3) is 0.400. The van der Waals surface area contributed by atoms with Crippen molar-refractivity contribution in [2.75, 3.05) is 0 Å². The van der Waals surface area contributed by atoms with Crippen LogP contribution in [0, 0.1) is 13.8 Å². The minimum Gasteiger partial charge on any atom is -0.303 e. The lowest BCUT2D eigenvalue weighted by atomic mass is 10.1. The predicted octanol–water partition coefficient (Wildman–Crippen LogP) is 4.93. The van der Waals surface area contributed by atoms with E-state index in [0.29, 0.717) is 12.1 Å². The largest absolute Gasteiger partial charge is 0.303 e. The van der Waals surface area contributed by atoms with Crippen LogP contribution in [0.4, 0.5) is 0 Å². The zero-order valence-electron chi connectivity index (χ0n) is 11.7. The topological polar surface area (TPSA) is 24.9 Å². The van der Waals surface area contributed by atoms with Crippen molar-refractivity contribution in [3.05, 3.63) is 49.9 Å². The monoisotopic (exact) mass is 338 g/mol. The van der Waals surface area contributed by atoms with Crippen molar-refractivity contribution in [1.29, 1.82) is 0 Å². The van der Waals surface area contributed by atoms with E-state index in [-0.39, 0.29) is 0 Å². The van der Waals surface area contributed by atoms with Gasteiger partial charge in [-0.15, -0.1) is 11.3 Å². The summed E-state index contributed by atoms with van der Waals surface area (Å²) < 4.78 is 1.12. The van der Waals surface area contributed by atoms with Gasteiger partial charge in [0.1, 0.15) is 0 Å². The van der Waals surface area contributed by atoms with Crippen molar-refractivity contribution in [2.24, 2.45) is 0 Å². The van der Waals surface area contributed by atoms with Gasteiger partial charge in [0.05, 0.1) is 10.7 Å². The summed E-state index contributed by atoms with van der Waals surface area (Å²) in [5.74, 6) is 0. The molecular weight excluding hydrogens is 320 g/mol. The molecule has 0 aliphatic heterocycles. The number of nitrogens with zero attached hydrogens (tertiary/aromatic N) is 1. The Kier molecular flexibility index (Phi) is 4.76. The van der Waals surface area contributed by atoms with E-state index in [1.165, 1.54) is 10.4 Å². The average molecular weight is 339 g/mol. The summed E-state index contributed by atoms with van der Waals surface area (Å²) >= 11 is 5.30. The van der Waals surface area contributed by atoms with Crippen molar-refractivity contribution in [1.82, 2.24) is 10.3 Å². The minimum atomic E-state index is 0.314. The molecule has 1 N–H and O–H groups in total. The molecule has 0 spiro atoms. The summed E-state index contributed by atoms with van der Waals surface area (Å²) in [5.41, 5.74) is 2.43. The molecule has 1 heterocycles. The van der Waals surface area contributed by atoms with Crippen molar-refractivity contribution in [3.8, 4) is 0 Å². The van der Waals surface area contributed by atoms with Gasteiger partial charge in [0.25, 0.3) is 0 Å². The van der Waals surface area contributed by atoms with Crippen LogP contribution in [0.5, 0.6) is 0 Å². The average Bonchev–Trinajstić information content (AvgIpc) is 2.68. The summed E-state index contributed by atoms with van der Waals surface area (Å²) in [6.07, 6.45) is 0. The quantitative estimate of drug-likeness (QED) is 0.854. The van der Waals surface area contributed by atoms with E-state index in [9.17, 15) is 0 Å². The molecule has 0 fully saturated rings. The lowest BCUT2D eigenvalue weighted by Crippen LogP contribution is -2.22. The van der Waals surface area contributed by atoms with Gasteiger partial charge in [-0.3, -0.25) is 0 Å². The first kappa shape index (κ1) is 14.7. The molecule has 0 saturated carbocycles. The molecule has 0 amide bonds. The molecule has 1 aromatic heterocycles. The number of aryl methyl sites for hydroxylation is 2. The van der Waals surface area contributed by atoms with Gasteiger partial charge < -0.3 is 5.32 Å². The molecule has 0 aliphatic carbocycles. The summed E-state index contributed by atoms with van der Waals surface area (Å²) in [6.45, 7) is 8.54. The molecule has 1 unspecified atom stereocenters. The maximum absolute atomic E-state index is 4.50. The van der Waals surface area contributed by atoms with Crippen molar-refractivity contribution in [2.45, 2.75) is 39.8 Å². The van der Waals surface area contributed by atoms with E-state index in [4.69, 9.17) is 0 Å². The number of hydrogen-bond acceptors (Lipinski definition) is 3. The SMILES string of the molecule is Cc1nc(C)c(C(C)N[C@@H](C)c2cccc(Br)c2)s1. The normalized spacial score (nSPS) is 14.4. The molecule has 2 nitrogen and oxygen atoms in total. The minimum absolute atomic E-state index is 0.314. The zero-order chi connectivity index (χ0) is 14.0. The van der Waals surface area contributed by atoms with Crippen LogP contribution in [0.15, 0.2) is 28.7 Å². The summed E-state index contributed by atoms with van der Waals surface area (Å²) in [7, 11) is 0. The highest BCUT2D eigenvalue weighted by Crippen LogP contribution is 2.27. The third kappa shape index (κ3) is 3.65. The van der Waals surface area contributed by atoms with Crippen LogP contribution in [-0.4, -0.2) is 4.98 Å². The lowest BCUT2D eigenvalue weighted by Gasteiger charge is -2.20. The Bertz CT molecular complexity index is 565. The number of benzene rings is 1. The maximum Gasteiger partial charge on any atom is 0.0900 e. The van der Waals surface area contributed by atoms with Crippen LogP contribution >= 0.6 is 27.3 Å². The van der Waals surface area contributed by atoms with Crippen LogP contribution in [0.2, 0.25) is 0 Å². The molecule has 1 aromatic carbocycles. The molecule has 0 radical (unpaired) electrons. The first-order valence-corrected chi connectivity index (χ1v) is 8.03. The molecule has 2 atom stereocenters. The molecule has 19 heavy (non-hydrogen) atoms. The molecule has 0 saturated heterocycles. The van der Waals surface area contributed by atoms with Gasteiger partial charge in [-0.1, -0.05) is 28.1 Å². The van der Waals surface area contributed by atoms with Gasteiger partial charge >= 0.3 is 0 Å². The van der Waals surface area contributed by atoms with E-state index < -0.39 is 0 Å². The van der Waals surface area contributed by atoms with Crippen LogP contribution in [0.25, 0.3) is 0 Å². The first-order chi connectivity index (χ1) is 8.97. The number of aromatic nitrogens is 1. The Morgan fingerprint density at radius 3 is 2.53 bits per heavy atom. The van der Waals surface area contributed by atoms with Crippen LogP contribution < -0.4 is 5.32 Å². The Morgan fingerprint density at radius 1 is 1.21 bits per heavy atom. The molecule has 0 bridgehead atoms. The standard InChI is InChI=1S/C15H19BrN2S/c1-9(13-6-5-7-14(16)8-13)17-10(2)15-11(3)18-12(4)19-15/h5-10,17H,1-4H3/t9-,10?/m0/s1. The summed E-state index contributed by atoms with van der Waals surface area (Å²) in [6, 6.07) is 9.07. The fourth-order valence-electron chi connectivity index (χ4n) is 2.27. The van der Waals surface area contributed by atoms with Gasteiger partial charge in [-0.25, -0.2) is 4.98 Å². The van der Waals surface area contributed by atoms with E-state index in [1.54, 1.807) is 11.3 Å². The Balaban J connectivity index is 2.10. The molecular formula is C15H19BrN2S. The maximum atomic E-state index is 4.50. The van der Waals surface area contributed by atoms with E-state index in [0.717, 1.165) is 15.2 Å². The highest BCUT2D eigenvalue weighted by atomic mass is 79.9. The van der Waals surface area contributed by atoms with Crippen LogP contribution in [-0.2, 0) is 0 Å². The molecule has 2 rings (SSSR count). The van der Waals surface area contributed by atoms with Crippen LogP contribution in [0.1, 0.15) is 47.1 Å². The van der Waals surface area contributed by atoms with Crippen molar-refractivity contribution in [3.63, 3.8) is 0 Å². The van der Waals surface area contributed by atoms with Gasteiger partial charge in [0.2, 0.25) is 0 Å². The Morgan fingerprint density at radius 2 is 1.95 bits per heavy atom. The van der Waals surface area contributed by atoms with E-state index in [1.807, 2.05) is 0 Å². The summed E-state index contributed by atoms with van der Waals surface area (Å²) in [4.78, 5) is 5.83. The number of nitrogens with one attached hydrogen (secondary N) is 1. The van der Waals surface area contributed by atoms with Crippen LogP contribution in [0.3, 0.4) is 0 Å². The second kappa shape index (κ2) is 6.16. The number of halogens is 1. The van der Waals surface area contributed by atoms with Gasteiger partial charge in [-0.2, -0.15) is 0 Å². The van der Waals surface area contributed by atoms with Crippen molar-refractivity contribution < 1.29 is 0 Å². The lowest BCUT2D eigenvalue weighted by molar-refractivity contribution is 0.498. The Labute approximate surface area is 127 Å². The molecule has 102 valence electrons. The fourth-order valence-corrected chi connectivity index (χ4v) is 3.63. The van der Waals surface area contributed by atoms with Crippen molar-refractivity contribution >= 4 is 27.3 Å². The third-order valence-electron chi connectivity index (χ3n) is 3.18. The van der Waals surface area contributed by atoms with Gasteiger partial charge in [0, 0.05) is 21.4 Å². The molecule has 4 heteroatoms. The smallest absolute Gasteiger partial charge is 0.0900 e. The highest BCUT2D eigenvalue weighted by Gasteiger charge is 2.15. The van der Waals surface area contributed by atoms with Gasteiger partial charge in [-0.05, 0) is 45.4 Å². The van der Waals surface area contributed by atoms with E-state index in [2.05, 4.69) is 78.2 Å². The predicted molar refractivity (Wildman–Crippen MR) is 85.7 cm³/mol. The first-order valence-electron chi connectivity index (χ1n) is 6.43. The zero-order valence-corrected chi connectivity index (χ0v) is 14.1. The Hall–Kier alpha value is -0.710. The second-order valence-corrected chi connectivity index (χ2v) is 7.00.